The van der Waals surface area contributed by atoms with Crippen molar-refractivity contribution in [2.45, 2.75) is 26.3 Å². The zero-order valence-electron chi connectivity index (χ0n) is 14.3. The lowest BCUT2D eigenvalue weighted by Gasteiger charge is -2.11. The highest BCUT2D eigenvalue weighted by atomic mass is 32.1. The first kappa shape index (κ1) is 18.2. The fraction of sp³-hybridized carbons (Fsp3) is 0.278. The van der Waals surface area contributed by atoms with Gasteiger partial charge in [0.05, 0.1) is 30.6 Å². The van der Waals surface area contributed by atoms with E-state index in [2.05, 4.69) is 10.1 Å². The number of alkyl halides is 2. The molecular weight excluding hydrogens is 360 g/mol. The van der Waals surface area contributed by atoms with E-state index in [-0.39, 0.29) is 5.56 Å². The van der Waals surface area contributed by atoms with Crippen LogP contribution in [-0.4, -0.2) is 27.3 Å². The highest BCUT2D eigenvalue weighted by Crippen LogP contribution is 2.31. The van der Waals surface area contributed by atoms with Crippen molar-refractivity contribution in [1.82, 2.24) is 14.8 Å². The number of halogens is 2. The molecule has 0 atom stereocenters. The molecule has 0 N–H and O–H groups in total. The van der Waals surface area contributed by atoms with Crippen LogP contribution in [0.3, 0.4) is 0 Å². The quantitative estimate of drug-likeness (QED) is 0.600. The lowest BCUT2D eigenvalue weighted by atomic mass is 10.1. The van der Waals surface area contributed by atoms with Crippen LogP contribution < -0.4 is 0 Å². The Balaban J connectivity index is 1.76. The average molecular weight is 377 g/mol. The van der Waals surface area contributed by atoms with Gasteiger partial charge in [0, 0.05) is 29.6 Å². The number of aromatic nitrogens is 3. The molecule has 0 aliphatic rings. The SMILES string of the molecule is CCOC(=O)c1cnn(Cc2nc(-c3cccc(C(C)(F)F)c3)cs2)c1. The van der Waals surface area contributed by atoms with Crippen LogP contribution in [0.4, 0.5) is 8.78 Å². The molecule has 0 fully saturated rings. The van der Waals surface area contributed by atoms with Gasteiger partial charge in [0.2, 0.25) is 0 Å². The number of ether oxygens (including phenoxy) is 1. The lowest BCUT2D eigenvalue weighted by molar-refractivity contribution is 0.0175. The number of carbonyl (C=O) groups is 1. The molecule has 0 saturated carbocycles. The first-order chi connectivity index (χ1) is 12.4. The third-order valence-corrected chi connectivity index (χ3v) is 4.49. The van der Waals surface area contributed by atoms with Crippen molar-refractivity contribution in [3.8, 4) is 11.3 Å². The van der Waals surface area contributed by atoms with E-state index in [1.54, 1.807) is 29.9 Å². The third kappa shape index (κ3) is 4.13. The summed E-state index contributed by atoms with van der Waals surface area (Å²) in [5.74, 6) is -3.32. The topological polar surface area (TPSA) is 57.0 Å². The second kappa shape index (κ2) is 7.33. The number of carbonyl (C=O) groups excluding carboxylic acids is 1. The van der Waals surface area contributed by atoms with Gasteiger partial charge in [0.15, 0.2) is 0 Å². The summed E-state index contributed by atoms with van der Waals surface area (Å²) in [6, 6.07) is 6.20. The minimum absolute atomic E-state index is 0.0456. The molecule has 8 heteroatoms. The number of rotatable bonds is 6. The van der Waals surface area contributed by atoms with E-state index in [1.807, 2.05) is 5.38 Å². The molecule has 0 aliphatic heterocycles. The zero-order chi connectivity index (χ0) is 18.7. The van der Waals surface area contributed by atoms with Crippen LogP contribution in [0.1, 0.15) is 34.8 Å². The maximum absolute atomic E-state index is 13.5. The molecule has 0 amide bonds. The molecule has 26 heavy (non-hydrogen) atoms. The number of thiazole rings is 1. The Hall–Kier alpha value is -2.61. The predicted molar refractivity (Wildman–Crippen MR) is 94.4 cm³/mol. The highest BCUT2D eigenvalue weighted by Gasteiger charge is 2.24. The van der Waals surface area contributed by atoms with Crippen LogP contribution in [0.25, 0.3) is 11.3 Å². The Morgan fingerprint density at radius 1 is 1.38 bits per heavy atom. The van der Waals surface area contributed by atoms with Gasteiger partial charge in [-0.2, -0.15) is 5.10 Å². The second-order valence-electron chi connectivity index (χ2n) is 5.74. The van der Waals surface area contributed by atoms with Gasteiger partial charge in [0.25, 0.3) is 5.92 Å². The Labute approximate surface area is 153 Å². The number of benzene rings is 1. The molecule has 3 rings (SSSR count). The highest BCUT2D eigenvalue weighted by molar-refractivity contribution is 7.09. The molecule has 2 heterocycles. The van der Waals surface area contributed by atoms with Crippen LogP contribution >= 0.6 is 11.3 Å². The number of nitrogens with zero attached hydrogens (tertiary/aromatic N) is 3. The van der Waals surface area contributed by atoms with Crippen molar-refractivity contribution < 1.29 is 18.3 Å². The molecular formula is C18H17F2N3O2S. The van der Waals surface area contributed by atoms with Crippen molar-refractivity contribution >= 4 is 17.3 Å². The first-order valence-electron chi connectivity index (χ1n) is 7.99. The van der Waals surface area contributed by atoms with Crippen LogP contribution in [0.2, 0.25) is 0 Å². The standard InChI is InChI=1S/C18H17F2N3O2S/c1-3-25-17(24)13-8-21-23(9-13)10-16-22-15(11-26-16)12-5-4-6-14(7-12)18(2,19)20/h4-9,11H,3,10H2,1-2H3. The fourth-order valence-electron chi connectivity index (χ4n) is 2.38. The zero-order valence-corrected chi connectivity index (χ0v) is 15.1. The number of hydrogen-bond acceptors (Lipinski definition) is 5. The summed E-state index contributed by atoms with van der Waals surface area (Å²) >= 11 is 1.40. The normalized spacial score (nSPS) is 11.5. The summed E-state index contributed by atoms with van der Waals surface area (Å²) in [7, 11) is 0. The van der Waals surface area contributed by atoms with E-state index < -0.39 is 11.9 Å². The molecule has 0 spiro atoms. The van der Waals surface area contributed by atoms with Crippen LogP contribution in [0.15, 0.2) is 42.0 Å². The summed E-state index contributed by atoms with van der Waals surface area (Å²) in [5, 5.41) is 6.70. The van der Waals surface area contributed by atoms with E-state index in [1.165, 1.54) is 29.7 Å². The summed E-state index contributed by atoms with van der Waals surface area (Å²) < 4.78 is 33.5. The molecule has 2 aromatic heterocycles. The van der Waals surface area contributed by atoms with Gasteiger partial charge in [-0.3, -0.25) is 4.68 Å². The Morgan fingerprint density at radius 3 is 2.92 bits per heavy atom. The second-order valence-corrected chi connectivity index (χ2v) is 6.69. The Morgan fingerprint density at radius 2 is 2.19 bits per heavy atom. The van der Waals surface area contributed by atoms with Gasteiger partial charge < -0.3 is 4.74 Å². The van der Waals surface area contributed by atoms with Crippen LogP contribution in [-0.2, 0) is 17.2 Å². The minimum Gasteiger partial charge on any atom is -0.462 e. The Bertz CT molecular complexity index is 915. The van der Waals surface area contributed by atoms with Crippen molar-refractivity contribution in [2.75, 3.05) is 6.61 Å². The lowest BCUT2D eigenvalue weighted by Crippen LogP contribution is -2.06. The third-order valence-electron chi connectivity index (χ3n) is 3.66. The maximum Gasteiger partial charge on any atom is 0.341 e. The molecule has 0 bridgehead atoms. The summed E-state index contributed by atoms with van der Waals surface area (Å²) in [5.41, 5.74) is 1.60. The van der Waals surface area contributed by atoms with Gasteiger partial charge in [-0.05, 0) is 13.0 Å². The minimum atomic E-state index is -2.90. The van der Waals surface area contributed by atoms with Gasteiger partial charge in [0.1, 0.15) is 5.01 Å². The van der Waals surface area contributed by atoms with Crippen molar-refractivity contribution in [3.63, 3.8) is 0 Å². The smallest absolute Gasteiger partial charge is 0.341 e. The van der Waals surface area contributed by atoms with Gasteiger partial charge in [-0.15, -0.1) is 11.3 Å². The predicted octanol–water partition coefficient (Wildman–Crippen LogP) is 4.34. The van der Waals surface area contributed by atoms with Crippen molar-refractivity contribution in [2.24, 2.45) is 0 Å². The summed E-state index contributed by atoms with van der Waals surface area (Å²) in [6.07, 6.45) is 3.04. The van der Waals surface area contributed by atoms with Crippen LogP contribution in [0.5, 0.6) is 0 Å². The van der Waals surface area contributed by atoms with E-state index >= 15 is 0 Å². The Kier molecular flexibility index (Phi) is 5.13. The monoisotopic (exact) mass is 377 g/mol. The molecule has 0 radical (unpaired) electrons. The van der Waals surface area contributed by atoms with E-state index in [0.29, 0.717) is 30.0 Å². The van der Waals surface area contributed by atoms with E-state index in [4.69, 9.17) is 4.74 Å². The number of esters is 1. The largest absolute Gasteiger partial charge is 0.462 e. The molecule has 0 unspecified atom stereocenters. The molecule has 3 aromatic rings. The molecule has 1 aromatic carbocycles. The van der Waals surface area contributed by atoms with Gasteiger partial charge in [-0.1, -0.05) is 18.2 Å². The van der Waals surface area contributed by atoms with Crippen molar-refractivity contribution in [1.29, 1.82) is 0 Å². The van der Waals surface area contributed by atoms with Crippen molar-refractivity contribution in [3.05, 3.63) is 58.2 Å². The summed E-state index contributed by atoms with van der Waals surface area (Å²) in [4.78, 5) is 16.1. The molecule has 0 saturated heterocycles. The molecule has 0 aliphatic carbocycles. The van der Waals surface area contributed by atoms with E-state index in [9.17, 15) is 13.6 Å². The van der Waals surface area contributed by atoms with Gasteiger partial charge >= 0.3 is 5.97 Å². The fourth-order valence-corrected chi connectivity index (χ4v) is 3.17. The maximum atomic E-state index is 13.5. The van der Waals surface area contributed by atoms with E-state index in [0.717, 1.165) is 11.9 Å². The summed E-state index contributed by atoms with van der Waals surface area (Å²) in [6.45, 7) is 3.30. The van der Waals surface area contributed by atoms with Crippen LogP contribution in [0, 0.1) is 0 Å². The first-order valence-corrected chi connectivity index (χ1v) is 8.87. The average Bonchev–Trinajstić information content (AvgIpc) is 3.25. The van der Waals surface area contributed by atoms with Gasteiger partial charge in [-0.25, -0.2) is 18.6 Å². The number of hydrogen-bond donors (Lipinski definition) is 0. The molecule has 5 nitrogen and oxygen atoms in total. The molecule has 136 valence electrons.